The lowest BCUT2D eigenvalue weighted by Crippen LogP contribution is -2.59. The number of carbonyl (C=O) groups excluding carboxylic acids is 12. The summed E-state index contributed by atoms with van der Waals surface area (Å²) in [4.78, 5) is 185. The van der Waals surface area contributed by atoms with Crippen LogP contribution in [0.1, 0.15) is 92.8 Å². The van der Waals surface area contributed by atoms with Crippen LogP contribution in [0, 0.1) is 18.8 Å². The number of pyridine rings is 2. The summed E-state index contributed by atoms with van der Waals surface area (Å²) in [5.74, 6) is -12.5. The second-order valence-electron chi connectivity index (χ2n) is 23.7. The number of likely N-dealkylation sites (N-methyl/N-ethyl adjacent to an activating group) is 4. The van der Waals surface area contributed by atoms with Crippen LogP contribution in [0.2, 0.25) is 0 Å². The minimum absolute atomic E-state index is 0.0272. The number of cyclic esters (lactones) is 2. The lowest BCUT2D eigenvalue weighted by Gasteiger charge is -2.37. The van der Waals surface area contributed by atoms with Gasteiger partial charge in [-0.2, -0.15) is 0 Å². The van der Waals surface area contributed by atoms with Gasteiger partial charge >= 0.3 is 11.9 Å². The monoisotopic (exact) mass is 1260 g/mol. The van der Waals surface area contributed by atoms with Gasteiger partial charge in [-0.1, -0.05) is 39.3 Å². The van der Waals surface area contributed by atoms with Crippen LogP contribution in [0.3, 0.4) is 0 Å². The number of ether oxygens (including phenoxy) is 3. The Balaban J connectivity index is 1.18. The number of amides is 10. The maximum Gasteiger partial charge on any atom is 0.329 e. The van der Waals surface area contributed by atoms with Gasteiger partial charge in [0, 0.05) is 52.1 Å². The molecule has 0 bridgehead atoms. The summed E-state index contributed by atoms with van der Waals surface area (Å²) in [6, 6.07) is 3.75. The molecule has 91 heavy (non-hydrogen) atoms. The van der Waals surface area contributed by atoms with Crippen molar-refractivity contribution in [2.45, 2.75) is 109 Å². The Morgan fingerprint density at radius 3 is 1.40 bits per heavy atom. The fourth-order valence-electron chi connectivity index (χ4n) is 11.2. The van der Waals surface area contributed by atoms with E-state index in [0.29, 0.717) is 47.7 Å². The molecule has 29 heteroatoms. The molecule has 10 amide bonds. The maximum atomic E-state index is 14.8. The summed E-state index contributed by atoms with van der Waals surface area (Å²) >= 11 is 0. The average molecular weight is 1270 g/mol. The number of piperidine rings is 2. The average Bonchev–Trinajstić information content (AvgIpc) is 2.99. The molecule has 5 heterocycles. The van der Waals surface area contributed by atoms with Gasteiger partial charge in [0.1, 0.15) is 66.7 Å². The van der Waals surface area contributed by atoms with E-state index in [0.717, 1.165) is 30.1 Å². The fraction of sp³-hybridized carbons (Fsp3) is 0.516. The van der Waals surface area contributed by atoms with Gasteiger partial charge in [0.2, 0.25) is 47.3 Å². The van der Waals surface area contributed by atoms with E-state index in [1.54, 1.807) is 64.1 Å². The molecular formula is C62H80N12O17. The Labute approximate surface area is 525 Å². The summed E-state index contributed by atoms with van der Waals surface area (Å²) in [5, 5.41) is 33.1. The molecule has 3 aliphatic heterocycles. The van der Waals surface area contributed by atoms with Gasteiger partial charge in [-0.05, 0) is 99.7 Å². The number of hydrogen-bond donors (Lipinski definition) is 6. The normalized spacial score (nSPS) is 22.6. The van der Waals surface area contributed by atoms with Crippen molar-refractivity contribution >= 4 is 92.8 Å². The van der Waals surface area contributed by atoms with Crippen LogP contribution in [-0.2, 0) is 57.4 Å². The number of aryl methyl sites for hydroxylation is 1. The third-order valence-electron chi connectivity index (χ3n) is 16.3. The molecule has 2 unspecified atom stereocenters. The van der Waals surface area contributed by atoms with Crippen LogP contribution in [0.4, 0.5) is 0 Å². The number of methoxy groups -OCH3 is 1. The molecule has 0 saturated carbocycles. The standard InChI is InChI=1S/C62H80N12O17/c1-33(2)53-61(87)90-31-41(67-57(83)51-45(75)25-36-23-35(5)17-19-39(36)65-51)59(85)73-21-13-11-15-43(73)55(81)63-27-47(77)70(7)30-50(80)72(9)54(34(3)4)62(88)91-32-42(68-58(84)52-46(76)26-37-24-38(89-10)18-20-40(37)66-52)60(86)74-22-14-12-16-44(74)56(82)64-28-48(78)69(6)29-49(79)71(53)8/h17-20,23-26,33-34,41-44,53-54,75-76H,11-16,21-22,27-32H2,1-10H3,(H,63,81)(H,64,82)(H,67,83)(H,68,84)/t41?,42?,43-,44-,53-,54-/m0/s1. The predicted octanol–water partition coefficient (Wildman–Crippen LogP) is 0.386. The molecule has 4 aromatic rings. The Kier molecular flexibility index (Phi) is 22.8. The van der Waals surface area contributed by atoms with E-state index in [-0.39, 0.29) is 31.4 Å². The third-order valence-corrected chi connectivity index (χ3v) is 16.3. The summed E-state index contributed by atoms with van der Waals surface area (Å²) < 4.78 is 16.8. The zero-order valence-corrected chi connectivity index (χ0v) is 52.7. The molecule has 6 atom stereocenters. The fourth-order valence-corrected chi connectivity index (χ4v) is 11.2. The van der Waals surface area contributed by atoms with Gasteiger partial charge in [0.05, 0.1) is 44.3 Å². The second-order valence-corrected chi connectivity index (χ2v) is 23.7. The number of rotatable bonds is 7. The van der Waals surface area contributed by atoms with Gasteiger partial charge in [0.15, 0.2) is 11.4 Å². The number of benzene rings is 2. The molecule has 7 rings (SSSR count). The molecule has 29 nitrogen and oxygen atoms in total. The van der Waals surface area contributed by atoms with Gasteiger partial charge < -0.3 is 75.1 Å². The highest BCUT2D eigenvalue weighted by Crippen LogP contribution is 2.28. The third kappa shape index (κ3) is 16.6. The summed E-state index contributed by atoms with van der Waals surface area (Å²) in [6.07, 6.45) is 1.88. The molecule has 3 aliphatic rings. The van der Waals surface area contributed by atoms with E-state index in [4.69, 9.17) is 14.2 Å². The van der Waals surface area contributed by atoms with E-state index in [1.165, 1.54) is 52.3 Å². The quantitative estimate of drug-likeness (QED) is 0.136. The van der Waals surface area contributed by atoms with Crippen molar-refractivity contribution in [3.63, 3.8) is 0 Å². The lowest BCUT2D eigenvalue weighted by molar-refractivity contribution is -0.159. The minimum Gasteiger partial charge on any atom is -0.505 e. The summed E-state index contributed by atoms with van der Waals surface area (Å²) in [5.41, 5.74) is 0.481. The molecule has 0 aliphatic carbocycles. The summed E-state index contributed by atoms with van der Waals surface area (Å²) in [7, 11) is 6.59. The summed E-state index contributed by atoms with van der Waals surface area (Å²) in [6.45, 7) is 3.91. The largest absolute Gasteiger partial charge is 0.505 e. The first-order valence-electron chi connectivity index (χ1n) is 30.0. The van der Waals surface area contributed by atoms with Crippen molar-refractivity contribution in [1.29, 1.82) is 0 Å². The van der Waals surface area contributed by atoms with Crippen LogP contribution < -0.4 is 26.0 Å². The van der Waals surface area contributed by atoms with Crippen molar-refractivity contribution in [2.24, 2.45) is 11.8 Å². The van der Waals surface area contributed by atoms with Crippen molar-refractivity contribution < 1.29 is 82.0 Å². The molecule has 3 fully saturated rings. The minimum atomic E-state index is -1.75. The smallest absolute Gasteiger partial charge is 0.329 e. The number of nitrogens with one attached hydrogen (secondary N) is 4. The zero-order valence-electron chi connectivity index (χ0n) is 52.7. The van der Waals surface area contributed by atoms with Crippen LogP contribution in [0.25, 0.3) is 21.8 Å². The first kappa shape index (κ1) is 68.8. The Morgan fingerprint density at radius 1 is 0.582 bits per heavy atom. The number of esters is 2. The number of fused-ring (bicyclic) bond motifs is 4. The Hall–Kier alpha value is -9.70. The van der Waals surface area contributed by atoms with E-state index in [9.17, 15) is 67.7 Å². The predicted molar refractivity (Wildman–Crippen MR) is 325 cm³/mol. The molecule has 6 N–H and O–H groups in total. The molecule has 2 aromatic heterocycles. The van der Waals surface area contributed by atoms with E-state index in [1.807, 2.05) is 6.92 Å². The highest BCUT2D eigenvalue weighted by atomic mass is 16.5. The van der Waals surface area contributed by atoms with Gasteiger partial charge in [-0.25, -0.2) is 19.6 Å². The Bertz CT molecular complexity index is 3490. The van der Waals surface area contributed by atoms with Crippen molar-refractivity contribution in [3.8, 4) is 17.2 Å². The van der Waals surface area contributed by atoms with E-state index in [2.05, 4.69) is 31.2 Å². The number of carbonyl (C=O) groups is 12. The SMILES string of the molecule is COc1ccc2nc(C(=O)NC3COC(=O)[C@H](C(C)C)N(C)C(=O)CN(C)C(=O)CNC(=O)[C@@H]4CCCCN4C(=O)C(NC(=O)c4nc5ccc(C)cc5cc4O)COC(=O)[C@H](C(C)C)N(C)C(=O)CN(C)C(=O)CNC(=O)[C@@H]4CCCCN4C3=O)c(O)cc2c1. The lowest BCUT2D eigenvalue weighted by atomic mass is 10.00. The number of aromatic nitrogens is 2. The molecule has 3 saturated heterocycles. The first-order valence-corrected chi connectivity index (χ1v) is 30.0. The van der Waals surface area contributed by atoms with Crippen molar-refractivity contribution in [3.05, 3.63) is 65.5 Å². The number of aromatic hydroxyl groups is 2. The topological polar surface area (TPSA) is 366 Å². The van der Waals surface area contributed by atoms with Gasteiger partial charge in [-0.3, -0.25) is 47.9 Å². The van der Waals surface area contributed by atoms with Gasteiger partial charge in [0.25, 0.3) is 11.8 Å². The number of hydrogen-bond acceptors (Lipinski definition) is 19. The molecule has 0 radical (unpaired) electrons. The molecule has 2 aromatic carbocycles. The van der Waals surface area contributed by atoms with Crippen LogP contribution in [0.5, 0.6) is 17.2 Å². The maximum absolute atomic E-state index is 14.8. The highest BCUT2D eigenvalue weighted by molar-refractivity contribution is 6.03. The molecule has 490 valence electrons. The van der Waals surface area contributed by atoms with Crippen LogP contribution in [0.15, 0.2) is 48.5 Å². The Morgan fingerprint density at radius 2 is 0.989 bits per heavy atom. The van der Waals surface area contributed by atoms with Crippen molar-refractivity contribution in [1.82, 2.24) is 60.6 Å². The molecular weight excluding hydrogens is 1180 g/mol. The zero-order chi connectivity index (χ0) is 66.7. The van der Waals surface area contributed by atoms with E-state index < -0.39 is 181 Å². The van der Waals surface area contributed by atoms with E-state index >= 15 is 0 Å². The van der Waals surface area contributed by atoms with Crippen molar-refractivity contribution in [2.75, 3.05) is 87.8 Å². The highest BCUT2D eigenvalue weighted by Gasteiger charge is 2.42. The number of nitrogens with zero attached hydrogens (tertiary/aromatic N) is 8. The van der Waals surface area contributed by atoms with Gasteiger partial charge in [-0.15, -0.1) is 0 Å². The second kappa shape index (κ2) is 30.2. The van der Waals surface area contributed by atoms with Crippen LogP contribution >= 0.6 is 0 Å². The molecule has 0 spiro atoms. The first-order chi connectivity index (χ1) is 43.1. The van der Waals surface area contributed by atoms with Crippen LogP contribution in [-0.4, -0.2) is 245 Å².